The third-order valence-electron chi connectivity index (χ3n) is 4.02. The Hall–Kier alpha value is -3.10. The maximum atomic E-state index is 13.3. The molecule has 0 atom stereocenters. The van der Waals surface area contributed by atoms with Gasteiger partial charge in [0.05, 0.1) is 37.7 Å². The fourth-order valence-electron chi connectivity index (χ4n) is 2.52. The van der Waals surface area contributed by atoms with Crippen molar-refractivity contribution in [2.45, 2.75) is 0 Å². The maximum Gasteiger partial charge on any atom is 0.337 e. The fourth-order valence-corrected chi connectivity index (χ4v) is 3.38. The Bertz CT molecular complexity index is 1050. The highest BCUT2D eigenvalue weighted by Crippen LogP contribution is 2.20. The van der Waals surface area contributed by atoms with E-state index in [0.29, 0.717) is 23.5 Å². The van der Waals surface area contributed by atoms with Gasteiger partial charge in [-0.2, -0.15) is 5.10 Å². The average molecular weight is 413 g/mol. The quantitative estimate of drug-likeness (QED) is 0.338. The first-order valence-electron chi connectivity index (χ1n) is 8.81. The van der Waals surface area contributed by atoms with Gasteiger partial charge in [-0.3, -0.25) is 4.99 Å². The largest absolute Gasteiger partial charge is 0.465 e. The molecule has 8 heteroatoms. The van der Waals surface area contributed by atoms with Crippen LogP contribution in [-0.2, 0) is 9.47 Å². The minimum absolute atomic E-state index is 0.297. The first kappa shape index (κ1) is 20.6. The molecular formula is C21H20FN3O3S. The van der Waals surface area contributed by atoms with Gasteiger partial charge in [-0.15, -0.1) is 11.3 Å². The number of rotatable bonds is 7. The van der Waals surface area contributed by atoms with E-state index in [0.717, 1.165) is 16.8 Å². The van der Waals surface area contributed by atoms with Gasteiger partial charge < -0.3 is 9.47 Å². The number of ether oxygens (including phenoxy) is 2. The third-order valence-corrected chi connectivity index (χ3v) is 4.88. The van der Waals surface area contributed by atoms with Crippen LogP contribution in [-0.4, -0.2) is 44.2 Å². The molecule has 0 aliphatic heterocycles. The molecule has 0 saturated heterocycles. The summed E-state index contributed by atoms with van der Waals surface area (Å²) < 4.78 is 24.8. The zero-order valence-corrected chi connectivity index (χ0v) is 16.9. The number of benzene rings is 2. The first-order chi connectivity index (χ1) is 14.1. The van der Waals surface area contributed by atoms with Crippen LogP contribution in [0.4, 0.5) is 4.39 Å². The normalized spacial score (nSPS) is 11.9. The highest BCUT2D eigenvalue weighted by atomic mass is 32.1. The lowest BCUT2D eigenvalue weighted by Crippen LogP contribution is -2.13. The molecule has 0 bridgehead atoms. The van der Waals surface area contributed by atoms with E-state index >= 15 is 0 Å². The summed E-state index contributed by atoms with van der Waals surface area (Å²) in [6.07, 6.45) is 1.68. The van der Waals surface area contributed by atoms with Gasteiger partial charge in [0, 0.05) is 18.1 Å². The molecule has 0 amide bonds. The zero-order valence-electron chi connectivity index (χ0n) is 16.0. The number of carbonyl (C=O) groups is 1. The highest BCUT2D eigenvalue weighted by molar-refractivity contribution is 7.07. The molecule has 1 aromatic heterocycles. The Morgan fingerprint density at radius 3 is 2.52 bits per heavy atom. The molecule has 3 aromatic rings. The molecule has 0 unspecified atom stereocenters. The van der Waals surface area contributed by atoms with Crippen LogP contribution >= 0.6 is 11.3 Å². The molecule has 0 aliphatic carbocycles. The number of halogens is 1. The minimum Gasteiger partial charge on any atom is -0.465 e. The molecule has 0 spiro atoms. The summed E-state index contributed by atoms with van der Waals surface area (Å²) in [5.74, 6) is -0.687. The molecule has 0 radical (unpaired) electrons. The zero-order chi connectivity index (χ0) is 20.6. The Morgan fingerprint density at radius 2 is 1.86 bits per heavy atom. The Labute approximate surface area is 171 Å². The van der Waals surface area contributed by atoms with E-state index in [9.17, 15) is 9.18 Å². The minimum atomic E-state index is -0.390. The van der Waals surface area contributed by atoms with Crippen LogP contribution in [0.25, 0.3) is 11.3 Å². The number of carbonyl (C=O) groups excluding carboxylic acids is 1. The van der Waals surface area contributed by atoms with E-state index in [1.165, 1.54) is 30.6 Å². The van der Waals surface area contributed by atoms with Crippen molar-refractivity contribution in [3.8, 4) is 11.3 Å². The monoisotopic (exact) mass is 413 g/mol. The first-order valence-corrected chi connectivity index (χ1v) is 9.69. The van der Waals surface area contributed by atoms with E-state index in [-0.39, 0.29) is 5.82 Å². The summed E-state index contributed by atoms with van der Waals surface area (Å²) in [5, 5.41) is 6.49. The lowest BCUT2D eigenvalue weighted by atomic mass is 10.1. The van der Waals surface area contributed by atoms with Gasteiger partial charge in [-0.1, -0.05) is 12.1 Å². The molecule has 2 aromatic carbocycles. The summed E-state index contributed by atoms with van der Waals surface area (Å²) in [4.78, 5) is 16.8. The van der Waals surface area contributed by atoms with Crippen molar-refractivity contribution in [2.75, 3.05) is 27.4 Å². The smallest absolute Gasteiger partial charge is 0.337 e. The second-order valence-corrected chi connectivity index (χ2v) is 6.79. The van der Waals surface area contributed by atoms with Crippen molar-refractivity contribution in [2.24, 2.45) is 10.1 Å². The summed E-state index contributed by atoms with van der Waals surface area (Å²) >= 11 is 1.44. The molecule has 0 fully saturated rings. The van der Waals surface area contributed by atoms with Crippen LogP contribution in [0, 0.1) is 5.82 Å². The van der Waals surface area contributed by atoms with Crippen LogP contribution in [0.2, 0.25) is 0 Å². The Kier molecular flexibility index (Phi) is 7.04. The molecule has 0 saturated carbocycles. The number of thiazole rings is 1. The predicted octanol–water partition coefficient (Wildman–Crippen LogP) is 3.57. The number of methoxy groups -OCH3 is 2. The number of hydrogen-bond acceptors (Lipinski definition) is 6. The highest BCUT2D eigenvalue weighted by Gasteiger charge is 2.08. The lowest BCUT2D eigenvalue weighted by molar-refractivity contribution is 0.0600. The van der Waals surface area contributed by atoms with Gasteiger partial charge in [-0.25, -0.2) is 13.9 Å². The van der Waals surface area contributed by atoms with Crippen molar-refractivity contribution in [1.29, 1.82) is 0 Å². The van der Waals surface area contributed by atoms with Gasteiger partial charge in [0.2, 0.25) is 4.80 Å². The number of nitrogens with zero attached hydrogens (tertiary/aromatic N) is 3. The van der Waals surface area contributed by atoms with Crippen LogP contribution in [0.1, 0.15) is 15.9 Å². The Morgan fingerprint density at radius 1 is 1.14 bits per heavy atom. The molecule has 3 rings (SSSR count). The van der Waals surface area contributed by atoms with E-state index in [2.05, 4.69) is 10.1 Å². The number of hydrogen-bond donors (Lipinski definition) is 0. The van der Waals surface area contributed by atoms with E-state index in [1.54, 1.807) is 54.4 Å². The molecule has 1 heterocycles. The fraction of sp³-hybridized carbons (Fsp3) is 0.190. The van der Waals surface area contributed by atoms with Crippen molar-refractivity contribution in [1.82, 2.24) is 4.68 Å². The summed E-state index contributed by atoms with van der Waals surface area (Å²) in [5.41, 5.74) is 2.90. The predicted molar refractivity (Wildman–Crippen MR) is 111 cm³/mol. The van der Waals surface area contributed by atoms with Crippen LogP contribution in [0.15, 0.2) is 64.0 Å². The van der Waals surface area contributed by atoms with Gasteiger partial charge >= 0.3 is 5.97 Å². The van der Waals surface area contributed by atoms with Crippen molar-refractivity contribution >= 4 is 23.5 Å². The molecule has 6 nitrogen and oxygen atoms in total. The van der Waals surface area contributed by atoms with Gasteiger partial charge in [-0.05, 0) is 42.0 Å². The van der Waals surface area contributed by atoms with Crippen molar-refractivity contribution in [3.63, 3.8) is 0 Å². The summed E-state index contributed by atoms with van der Waals surface area (Å²) in [6, 6.07) is 13.1. The average Bonchev–Trinajstić information content (AvgIpc) is 3.15. The van der Waals surface area contributed by atoms with E-state index in [4.69, 9.17) is 9.47 Å². The van der Waals surface area contributed by atoms with Gasteiger partial charge in [0.15, 0.2) is 0 Å². The summed E-state index contributed by atoms with van der Waals surface area (Å²) in [6.45, 7) is 1.01. The van der Waals surface area contributed by atoms with Crippen molar-refractivity contribution < 1.29 is 18.7 Å². The third kappa shape index (κ3) is 5.24. The lowest BCUT2D eigenvalue weighted by Gasteiger charge is -2.04. The van der Waals surface area contributed by atoms with Crippen LogP contribution in [0.5, 0.6) is 0 Å². The van der Waals surface area contributed by atoms with E-state index in [1.807, 2.05) is 5.38 Å². The molecule has 29 heavy (non-hydrogen) atoms. The molecule has 0 aliphatic rings. The number of esters is 1. The molecule has 0 N–H and O–H groups in total. The van der Waals surface area contributed by atoms with Crippen LogP contribution in [0.3, 0.4) is 0 Å². The van der Waals surface area contributed by atoms with E-state index < -0.39 is 5.97 Å². The molecular weight excluding hydrogens is 393 g/mol. The van der Waals surface area contributed by atoms with Gasteiger partial charge in [0.1, 0.15) is 5.82 Å². The van der Waals surface area contributed by atoms with Crippen molar-refractivity contribution in [3.05, 3.63) is 75.7 Å². The number of aromatic nitrogens is 1. The second-order valence-electron chi connectivity index (χ2n) is 5.95. The van der Waals surface area contributed by atoms with Crippen LogP contribution < -0.4 is 4.80 Å². The standard InChI is InChI=1S/C21H20FN3O3S/c1-27-12-11-23-21-25(19(14-29-21)16-7-9-18(22)10-8-16)24-13-15-3-5-17(6-4-15)20(26)28-2/h3-10,13-14H,11-12H2,1-2H3/b23-21?,24-13-. The summed E-state index contributed by atoms with van der Waals surface area (Å²) in [7, 11) is 2.97. The molecule has 150 valence electrons. The topological polar surface area (TPSA) is 65.2 Å². The SMILES string of the molecule is COCCN=c1scc(-c2ccc(F)cc2)n1/N=C\c1ccc(C(=O)OC)cc1. The maximum absolute atomic E-state index is 13.3. The Balaban J connectivity index is 1.96. The van der Waals surface area contributed by atoms with Gasteiger partial charge in [0.25, 0.3) is 0 Å². The second kappa shape index (κ2) is 9.90.